The molecule has 2 aliphatic heterocycles. The van der Waals surface area contributed by atoms with Gasteiger partial charge in [-0.2, -0.15) is 0 Å². The fraction of sp³-hybridized carbons (Fsp3) is 0.462. The molecular weight excluding hydrogens is 418 g/mol. The highest BCUT2D eigenvalue weighted by molar-refractivity contribution is 5.98. The van der Waals surface area contributed by atoms with Crippen LogP contribution in [0.2, 0.25) is 0 Å². The zero-order valence-electron chi connectivity index (χ0n) is 20.6. The molecule has 0 fully saturated rings. The Morgan fingerprint density at radius 1 is 1.15 bits per heavy atom. The lowest BCUT2D eigenvalue weighted by molar-refractivity contribution is 0.0962. The van der Waals surface area contributed by atoms with Gasteiger partial charge >= 0.3 is 0 Å². The molecule has 2 aliphatic rings. The molecule has 0 aliphatic carbocycles. The Labute approximate surface area is 197 Å². The number of methoxy groups -OCH3 is 1. The second kappa shape index (κ2) is 10.3. The first-order valence-corrected chi connectivity index (χ1v) is 11.3. The largest absolute Gasteiger partial charge is 0.493 e. The zero-order valence-corrected chi connectivity index (χ0v) is 20.6. The van der Waals surface area contributed by atoms with Gasteiger partial charge in [0.15, 0.2) is 5.78 Å². The van der Waals surface area contributed by atoms with Crippen molar-refractivity contribution in [2.45, 2.75) is 46.5 Å². The van der Waals surface area contributed by atoms with E-state index in [2.05, 4.69) is 32.5 Å². The summed E-state index contributed by atoms with van der Waals surface area (Å²) in [5.41, 5.74) is 3.45. The molecule has 0 saturated carbocycles. The second-order valence-electron chi connectivity index (χ2n) is 9.18. The van der Waals surface area contributed by atoms with Gasteiger partial charge in [0.25, 0.3) is 0 Å². The van der Waals surface area contributed by atoms with Gasteiger partial charge < -0.3 is 19.1 Å². The number of benzene rings is 1. The second-order valence-corrected chi connectivity index (χ2v) is 9.18. The third-order valence-electron chi connectivity index (χ3n) is 5.49. The average Bonchev–Trinajstić information content (AvgIpc) is 3.07. The van der Waals surface area contributed by atoms with Gasteiger partial charge in [0, 0.05) is 38.0 Å². The Kier molecular flexibility index (Phi) is 7.64. The Morgan fingerprint density at radius 3 is 2.58 bits per heavy atom. The highest BCUT2D eigenvalue weighted by Gasteiger charge is 2.31. The lowest BCUT2D eigenvalue weighted by atomic mass is 9.85. The Balaban J connectivity index is 1.80. The predicted molar refractivity (Wildman–Crippen MR) is 130 cm³/mol. The van der Waals surface area contributed by atoms with Gasteiger partial charge in [-0.05, 0) is 48.6 Å². The van der Waals surface area contributed by atoms with Crippen molar-refractivity contribution in [3.05, 3.63) is 65.3 Å². The van der Waals surface area contributed by atoms with E-state index in [9.17, 15) is 4.79 Å². The third-order valence-corrected chi connectivity index (χ3v) is 5.49. The van der Waals surface area contributed by atoms with Gasteiger partial charge in [0.2, 0.25) is 5.90 Å². The molecule has 2 heterocycles. The van der Waals surface area contributed by atoms with Crippen molar-refractivity contribution in [2.24, 2.45) is 5.10 Å². The van der Waals surface area contributed by atoms with Crippen molar-refractivity contribution in [1.29, 1.82) is 0 Å². The minimum absolute atomic E-state index is 0.0173. The number of allylic oxidation sites excluding steroid dienone is 1. The lowest BCUT2D eigenvalue weighted by Crippen LogP contribution is -2.27. The number of nitrogens with zero attached hydrogens (tertiary/aromatic N) is 3. The van der Waals surface area contributed by atoms with Gasteiger partial charge in [0.1, 0.15) is 11.6 Å². The van der Waals surface area contributed by atoms with Gasteiger partial charge in [-0.25, -0.2) is 5.01 Å². The first-order valence-electron chi connectivity index (χ1n) is 11.3. The molecule has 3 rings (SSSR count). The molecule has 7 heteroatoms. The average molecular weight is 454 g/mol. The van der Waals surface area contributed by atoms with Gasteiger partial charge in [-0.3, -0.25) is 4.79 Å². The van der Waals surface area contributed by atoms with Gasteiger partial charge in [0.05, 0.1) is 25.5 Å². The smallest absolute Gasteiger partial charge is 0.232 e. The molecule has 1 aromatic carbocycles. The summed E-state index contributed by atoms with van der Waals surface area (Å²) in [6, 6.07) is 5.79. The standard InChI is InChI=1S/C26H35N3O4/c1-8-32-25-12-18(2)23-16-28(19(3)29(23)27-25)17-24(30)20-13-21(26(4,5)6)15-22(14-20)33-11-9-10-31-7/h12-16H,3,8-11,17H2,1-2,4-7H3. The monoisotopic (exact) mass is 453 g/mol. The van der Waals surface area contributed by atoms with Crippen LogP contribution in [-0.2, 0) is 14.9 Å². The van der Waals surface area contributed by atoms with E-state index in [1.165, 1.54) is 0 Å². The summed E-state index contributed by atoms with van der Waals surface area (Å²) in [7, 11) is 1.67. The minimum Gasteiger partial charge on any atom is -0.493 e. The normalized spacial score (nSPS) is 15.7. The van der Waals surface area contributed by atoms with Gasteiger partial charge in [-0.1, -0.05) is 27.4 Å². The number of fused-ring (bicyclic) bond motifs is 1. The molecule has 0 aromatic heterocycles. The number of hydrazone groups is 1. The summed E-state index contributed by atoms with van der Waals surface area (Å²) in [5.74, 6) is 1.83. The fourth-order valence-corrected chi connectivity index (χ4v) is 3.58. The van der Waals surface area contributed by atoms with E-state index in [0.717, 1.165) is 23.3 Å². The van der Waals surface area contributed by atoms with E-state index in [4.69, 9.17) is 14.2 Å². The maximum absolute atomic E-state index is 13.3. The van der Waals surface area contributed by atoms with Crippen LogP contribution in [0.1, 0.15) is 57.0 Å². The number of carbonyl (C=O) groups excluding carboxylic acids is 1. The van der Waals surface area contributed by atoms with Gasteiger partial charge in [-0.15, -0.1) is 5.10 Å². The van der Waals surface area contributed by atoms with E-state index in [-0.39, 0.29) is 17.7 Å². The molecule has 0 amide bonds. The molecule has 0 N–H and O–H groups in total. The van der Waals surface area contributed by atoms with Crippen LogP contribution in [0.4, 0.5) is 0 Å². The van der Waals surface area contributed by atoms with Crippen LogP contribution < -0.4 is 4.74 Å². The Hall–Kier alpha value is -3.06. The Morgan fingerprint density at radius 2 is 1.91 bits per heavy atom. The highest BCUT2D eigenvalue weighted by atomic mass is 16.5. The van der Waals surface area contributed by atoms with Crippen LogP contribution in [0.3, 0.4) is 0 Å². The first-order chi connectivity index (χ1) is 15.6. The van der Waals surface area contributed by atoms with Crippen LogP contribution in [-0.4, -0.2) is 55.1 Å². The predicted octanol–water partition coefficient (Wildman–Crippen LogP) is 4.82. The number of ketones is 1. The molecule has 1 aromatic rings. The van der Waals surface area contributed by atoms with Crippen molar-refractivity contribution >= 4 is 11.7 Å². The summed E-state index contributed by atoms with van der Waals surface area (Å²) in [5, 5.41) is 6.23. The highest BCUT2D eigenvalue weighted by Crippen LogP contribution is 2.33. The molecule has 0 bridgehead atoms. The van der Waals surface area contributed by atoms with Crippen LogP contribution in [0.15, 0.2) is 59.2 Å². The van der Waals surface area contributed by atoms with E-state index in [1.807, 2.05) is 49.2 Å². The topological polar surface area (TPSA) is 63.6 Å². The van der Waals surface area contributed by atoms with E-state index >= 15 is 0 Å². The van der Waals surface area contributed by atoms with E-state index in [1.54, 1.807) is 12.1 Å². The van der Waals surface area contributed by atoms with Crippen molar-refractivity contribution in [2.75, 3.05) is 33.5 Å². The summed E-state index contributed by atoms with van der Waals surface area (Å²) < 4.78 is 16.6. The number of ether oxygens (including phenoxy) is 3. The Bertz CT molecular complexity index is 1000. The summed E-state index contributed by atoms with van der Waals surface area (Å²) in [6.45, 7) is 16.3. The summed E-state index contributed by atoms with van der Waals surface area (Å²) in [6.07, 6.45) is 4.59. The van der Waals surface area contributed by atoms with Crippen LogP contribution in [0.5, 0.6) is 5.75 Å². The SMILES string of the molecule is C=C1N(CC(=O)c2cc(OCCCOC)cc(C(C)(C)C)c2)C=C2C(C)=CC(OCC)=NN12. The molecule has 0 unspecified atom stereocenters. The van der Waals surface area contributed by atoms with Crippen molar-refractivity contribution in [1.82, 2.24) is 9.91 Å². The number of carbonyl (C=O) groups is 1. The molecular formula is C26H35N3O4. The number of Topliss-reactive ketones (excluding diaryl/α,β-unsaturated/α-hetero) is 1. The number of hydrogen-bond donors (Lipinski definition) is 0. The molecule has 0 atom stereocenters. The summed E-state index contributed by atoms with van der Waals surface area (Å²) in [4.78, 5) is 15.2. The number of rotatable bonds is 9. The molecule has 33 heavy (non-hydrogen) atoms. The van der Waals surface area contributed by atoms with Crippen LogP contribution in [0.25, 0.3) is 0 Å². The zero-order chi connectivity index (χ0) is 24.2. The summed E-state index contributed by atoms with van der Waals surface area (Å²) >= 11 is 0. The maximum Gasteiger partial charge on any atom is 0.232 e. The quantitative estimate of drug-likeness (QED) is 0.395. The first kappa shape index (κ1) is 24.6. The van der Waals surface area contributed by atoms with Crippen LogP contribution in [0, 0.1) is 0 Å². The molecule has 0 spiro atoms. The van der Waals surface area contributed by atoms with Crippen molar-refractivity contribution in [3.63, 3.8) is 0 Å². The number of hydrogen-bond acceptors (Lipinski definition) is 7. The third kappa shape index (κ3) is 5.85. The van der Waals surface area contributed by atoms with Crippen LogP contribution >= 0.6 is 0 Å². The van der Waals surface area contributed by atoms with Crippen molar-refractivity contribution in [3.8, 4) is 5.75 Å². The minimum atomic E-state index is -0.118. The molecule has 0 saturated heterocycles. The molecule has 0 radical (unpaired) electrons. The molecule has 178 valence electrons. The molecule has 7 nitrogen and oxygen atoms in total. The fourth-order valence-electron chi connectivity index (χ4n) is 3.58. The maximum atomic E-state index is 13.3. The van der Waals surface area contributed by atoms with E-state index in [0.29, 0.717) is 42.9 Å². The van der Waals surface area contributed by atoms with Crippen molar-refractivity contribution < 1.29 is 19.0 Å². The lowest BCUT2D eigenvalue weighted by Gasteiger charge is -2.25. The van der Waals surface area contributed by atoms with E-state index < -0.39 is 0 Å².